The molecule has 0 saturated carbocycles. The number of anilines is 1. The maximum Gasteiger partial charge on any atom is 0.146 e. The molecular weight excluding hydrogens is 213 g/mol. The van der Waals surface area contributed by atoms with Gasteiger partial charge in [0.1, 0.15) is 10.8 Å². The number of nitrogens with zero attached hydrogens (tertiary/aromatic N) is 2. The van der Waals surface area contributed by atoms with E-state index in [4.69, 9.17) is 5.73 Å². The first-order valence-corrected chi connectivity index (χ1v) is 5.19. The van der Waals surface area contributed by atoms with Crippen LogP contribution in [-0.4, -0.2) is 9.78 Å². The van der Waals surface area contributed by atoms with E-state index in [1.165, 1.54) is 23.9 Å². The molecule has 0 amide bonds. The molecule has 0 spiro atoms. The lowest BCUT2D eigenvalue weighted by molar-refractivity contribution is 0.624. The SMILES string of the molecule is Cn1cc(N)c(Sc2cccc(F)c2)n1. The average molecular weight is 223 g/mol. The van der Waals surface area contributed by atoms with Crippen molar-refractivity contribution in [2.45, 2.75) is 9.92 Å². The molecule has 2 rings (SSSR count). The van der Waals surface area contributed by atoms with Gasteiger partial charge in [-0.3, -0.25) is 4.68 Å². The lowest BCUT2D eigenvalue weighted by Gasteiger charge is -1.98. The number of hydrogen-bond donors (Lipinski definition) is 1. The minimum atomic E-state index is -0.255. The number of nitrogen functional groups attached to an aromatic ring is 1. The molecule has 1 aromatic heterocycles. The van der Waals surface area contributed by atoms with Crippen molar-refractivity contribution in [3.05, 3.63) is 36.3 Å². The van der Waals surface area contributed by atoms with Crippen molar-refractivity contribution in [3.63, 3.8) is 0 Å². The topological polar surface area (TPSA) is 43.8 Å². The number of benzene rings is 1. The predicted octanol–water partition coefficient (Wildman–Crippen LogP) is 2.29. The third-order valence-corrected chi connectivity index (χ3v) is 2.83. The maximum absolute atomic E-state index is 12.9. The summed E-state index contributed by atoms with van der Waals surface area (Å²) in [5, 5.41) is 4.86. The zero-order valence-corrected chi connectivity index (χ0v) is 8.96. The summed E-state index contributed by atoms with van der Waals surface area (Å²) in [6.07, 6.45) is 1.72. The van der Waals surface area contributed by atoms with E-state index in [0.29, 0.717) is 10.7 Å². The molecule has 1 aromatic carbocycles. The van der Waals surface area contributed by atoms with Crippen LogP contribution in [0.4, 0.5) is 10.1 Å². The van der Waals surface area contributed by atoms with Gasteiger partial charge in [-0.2, -0.15) is 5.10 Å². The summed E-state index contributed by atoms with van der Waals surface area (Å²) in [6.45, 7) is 0. The largest absolute Gasteiger partial charge is 0.395 e. The normalized spacial score (nSPS) is 10.5. The number of rotatable bonds is 2. The Morgan fingerprint density at radius 1 is 1.47 bits per heavy atom. The minimum Gasteiger partial charge on any atom is -0.395 e. The molecule has 0 aliphatic rings. The first-order valence-electron chi connectivity index (χ1n) is 4.37. The summed E-state index contributed by atoms with van der Waals surface area (Å²) in [5.74, 6) is -0.255. The van der Waals surface area contributed by atoms with E-state index in [-0.39, 0.29) is 5.82 Å². The van der Waals surface area contributed by atoms with Gasteiger partial charge >= 0.3 is 0 Å². The zero-order chi connectivity index (χ0) is 10.8. The van der Waals surface area contributed by atoms with Crippen LogP contribution in [0.1, 0.15) is 0 Å². The molecule has 2 N–H and O–H groups in total. The van der Waals surface area contributed by atoms with Gasteiger partial charge in [-0.1, -0.05) is 17.8 Å². The molecule has 3 nitrogen and oxygen atoms in total. The van der Waals surface area contributed by atoms with Gasteiger partial charge < -0.3 is 5.73 Å². The van der Waals surface area contributed by atoms with Crippen LogP contribution in [0.25, 0.3) is 0 Å². The first kappa shape index (κ1) is 10.0. The summed E-state index contributed by atoms with van der Waals surface area (Å²) >= 11 is 1.35. The highest BCUT2D eigenvalue weighted by Crippen LogP contribution is 2.30. The van der Waals surface area contributed by atoms with Gasteiger partial charge in [-0.05, 0) is 18.2 Å². The molecule has 0 bridgehead atoms. The maximum atomic E-state index is 12.9. The number of halogens is 1. The van der Waals surface area contributed by atoms with Crippen LogP contribution in [0.2, 0.25) is 0 Å². The second kappa shape index (κ2) is 3.94. The first-order chi connectivity index (χ1) is 7.15. The number of aryl methyl sites for hydroxylation is 1. The molecule has 1 heterocycles. The van der Waals surface area contributed by atoms with Crippen molar-refractivity contribution in [1.82, 2.24) is 9.78 Å². The van der Waals surface area contributed by atoms with Crippen LogP contribution in [0, 0.1) is 5.82 Å². The van der Waals surface area contributed by atoms with Crippen LogP contribution in [0.15, 0.2) is 40.4 Å². The highest BCUT2D eigenvalue weighted by atomic mass is 32.2. The monoisotopic (exact) mass is 223 g/mol. The van der Waals surface area contributed by atoms with Crippen LogP contribution in [0.5, 0.6) is 0 Å². The molecule has 2 aromatic rings. The number of nitrogens with two attached hydrogens (primary N) is 1. The molecule has 0 radical (unpaired) electrons. The molecule has 78 valence electrons. The molecule has 0 atom stereocenters. The molecule has 5 heteroatoms. The summed E-state index contributed by atoms with van der Waals surface area (Å²) in [4.78, 5) is 0.792. The van der Waals surface area contributed by atoms with E-state index in [2.05, 4.69) is 5.10 Å². The van der Waals surface area contributed by atoms with Crippen LogP contribution in [0.3, 0.4) is 0 Å². The second-order valence-electron chi connectivity index (χ2n) is 3.12. The van der Waals surface area contributed by atoms with E-state index < -0.39 is 0 Å². The average Bonchev–Trinajstić information content (AvgIpc) is 2.45. The Labute approximate surface area is 91.1 Å². The van der Waals surface area contributed by atoms with Crippen LogP contribution in [-0.2, 0) is 7.05 Å². The van der Waals surface area contributed by atoms with Gasteiger partial charge in [0.2, 0.25) is 0 Å². The highest BCUT2D eigenvalue weighted by molar-refractivity contribution is 7.99. The van der Waals surface area contributed by atoms with E-state index in [1.807, 2.05) is 6.07 Å². The molecule has 0 aliphatic carbocycles. The van der Waals surface area contributed by atoms with Gasteiger partial charge in [0.15, 0.2) is 0 Å². The van der Waals surface area contributed by atoms with Crippen molar-refractivity contribution >= 4 is 17.4 Å². The Morgan fingerprint density at radius 3 is 2.87 bits per heavy atom. The molecular formula is C10H10FN3S. The predicted molar refractivity (Wildman–Crippen MR) is 58.1 cm³/mol. The Morgan fingerprint density at radius 2 is 2.27 bits per heavy atom. The van der Waals surface area contributed by atoms with E-state index in [1.54, 1.807) is 24.0 Å². The minimum absolute atomic E-state index is 0.255. The van der Waals surface area contributed by atoms with Gasteiger partial charge in [-0.15, -0.1) is 0 Å². The summed E-state index contributed by atoms with van der Waals surface area (Å²) in [7, 11) is 1.80. The summed E-state index contributed by atoms with van der Waals surface area (Å²) < 4.78 is 14.5. The molecule has 0 saturated heterocycles. The van der Waals surface area contributed by atoms with Gasteiger partial charge in [0, 0.05) is 18.1 Å². The van der Waals surface area contributed by atoms with E-state index >= 15 is 0 Å². The van der Waals surface area contributed by atoms with Gasteiger partial charge in [0.25, 0.3) is 0 Å². The Hall–Kier alpha value is -1.49. The van der Waals surface area contributed by atoms with E-state index in [0.717, 1.165) is 4.90 Å². The molecule has 0 fully saturated rings. The third kappa shape index (κ3) is 2.30. The number of hydrogen-bond acceptors (Lipinski definition) is 3. The lowest BCUT2D eigenvalue weighted by atomic mass is 10.4. The quantitative estimate of drug-likeness (QED) is 0.849. The lowest BCUT2D eigenvalue weighted by Crippen LogP contribution is -1.86. The molecule has 0 aliphatic heterocycles. The highest BCUT2D eigenvalue weighted by Gasteiger charge is 2.06. The van der Waals surface area contributed by atoms with Crippen LogP contribution < -0.4 is 5.73 Å². The smallest absolute Gasteiger partial charge is 0.146 e. The summed E-state index contributed by atoms with van der Waals surface area (Å²) in [6, 6.07) is 6.35. The Balaban J connectivity index is 2.25. The fraction of sp³-hybridized carbons (Fsp3) is 0.100. The van der Waals surface area contributed by atoms with Gasteiger partial charge in [0.05, 0.1) is 5.69 Å². The number of aromatic nitrogens is 2. The van der Waals surface area contributed by atoms with Gasteiger partial charge in [-0.25, -0.2) is 4.39 Å². The second-order valence-corrected chi connectivity index (χ2v) is 4.18. The van der Waals surface area contributed by atoms with Crippen molar-refractivity contribution in [2.24, 2.45) is 7.05 Å². The Bertz CT molecular complexity index is 481. The molecule has 0 unspecified atom stereocenters. The van der Waals surface area contributed by atoms with Crippen molar-refractivity contribution in [1.29, 1.82) is 0 Å². The fourth-order valence-corrected chi connectivity index (χ4v) is 2.09. The van der Waals surface area contributed by atoms with Crippen molar-refractivity contribution in [3.8, 4) is 0 Å². The zero-order valence-electron chi connectivity index (χ0n) is 8.14. The standard InChI is InChI=1S/C10H10FN3S/c1-14-6-9(12)10(13-14)15-8-4-2-3-7(11)5-8/h2-6H,12H2,1H3. The molecule has 15 heavy (non-hydrogen) atoms. The van der Waals surface area contributed by atoms with Crippen LogP contribution >= 0.6 is 11.8 Å². The van der Waals surface area contributed by atoms with E-state index in [9.17, 15) is 4.39 Å². The fourth-order valence-electron chi connectivity index (χ4n) is 1.21. The van der Waals surface area contributed by atoms with Crippen molar-refractivity contribution in [2.75, 3.05) is 5.73 Å². The Kier molecular flexibility index (Phi) is 2.64. The van der Waals surface area contributed by atoms with Crippen molar-refractivity contribution < 1.29 is 4.39 Å². The summed E-state index contributed by atoms with van der Waals surface area (Å²) in [5.41, 5.74) is 6.33. The third-order valence-electron chi connectivity index (χ3n) is 1.83.